The zero-order valence-corrected chi connectivity index (χ0v) is 37.5. The van der Waals surface area contributed by atoms with Crippen LogP contribution >= 0.6 is 0 Å². The van der Waals surface area contributed by atoms with Gasteiger partial charge >= 0.3 is 0 Å². The van der Waals surface area contributed by atoms with Crippen LogP contribution < -0.4 is 5.32 Å². The Morgan fingerprint density at radius 2 is 1.47 bits per heavy atom. The number of nitrogens with one attached hydrogen (secondary N) is 1. The highest BCUT2D eigenvalue weighted by Gasteiger charge is 2.40. The zero-order chi connectivity index (χ0) is 42.6. The van der Waals surface area contributed by atoms with Gasteiger partial charge in [0.2, 0.25) is 0 Å². The second-order valence-electron chi connectivity index (χ2n) is 15.1. The fourth-order valence-corrected chi connectivity index (χ4v) is 8.66. The number of likely N-dealkylation sites (N-methyl/N-ethyl adjacent to an activating group) is 1. The number of nitrogens with zero attached hydrogens (tertiary/aromatic N) is 1. The van der Waals surface area contributed by atoms with E-state index in [0.717, 1.165) is 19.5 Å². The molecule has 3 aliphatic rings. The van der Waals surface area contributed by atoms with Gasteiger partial charge in [-0.1, -0.05) is 195 Å². The lowest BCUT2D eigenvalue weighted by Gasteiger charge is -2.39. The first-order valence-corrected chi connectivity index (χ1v) is 21.9. The molecule has 3 unspecified atom stereocenters. The van der Waals surface area contributed by atoms with Gasteiger partial charge in [-0.3, -0.25) is 0 Å². The van der Waals surface area contributed by atoms with Crippen LogP contribution in [0, 0.1) is 17.8 Å². The van der Waals surface area contributed by atoms with Gasteiger partial charge in [-0.05, 0) is 113 Å². The second kappa shape index (κ2) is 24.5. The zero-order valence-electron chi connectivity index (χ0n) is 37.5. The fourth-order valence-electron chi connectivity index (χ4n) is 8.66. The predicted molar refractivity (Wildman–Crippen MR) is 261 cm³/mol. The first-order valence-electron chi connectivity index (χ1n) is 21.9. The van der Waals surface area contributed by atoms with Crippen molar-refractivity contribution in [3.05, 3.63) is 221 Å². The second-order valence-corrected chi connectivity index (χ2v) is 15.1. The van der Waals surface area contributed by atoms with Crippen LogP contribution in [0.4, 0.5) is 0 Å². The van der Waals surface area contributed by atoms with E-state index < -0.39 is 0 Å². The molecule has 2 aliphatic carbocycles. The van der Waals surface area contributed by atoms with E-state index in [9.17, 15) is 0 Å². The molecule has 59 heavy (non-hydrogen) atoms. The maximum Gasteiger partial charge on any atom is 0.0486 e. The summed E-state index contributed by atoms with van der Waals surface area (Å²) >= 11 is 0. The van der Waals surface area contributed by atoms with Gasteiger partial charge in [-0.15, -0.1) is 0 Å². The van der Waals surface area contributed by atoms with Gasteiger partial charge in [0.25, 0.3) is 0 Å². The minimum absolute atomic E-state index is 0.346. The number of rotatable bonds is 13. The fraction of sp³-hybridized carbons (Fsp3) is 0.298. The Labute approximate surface area is 358 Å². The van der Waals surface area contributed by atoms with Crippen molar-refractivity contribution in [1.29, 1.82) is 0 Å². The predicted octanol–water partition coefficient (Wildman–Crippen LogP) is 15.0. The lowest BCUT2D eigenvalue weighted by atomic mass is 9.67. The molecule has 3 aromatic carbocycles. The number of allylic oxidation sites excluding steroid dienone is 16. The monoisotopic (exact) mass is 783 g/mol. The lowest BCUT2D eigenvalue weighted by Crippen LogP contribution is -2.28. The standard InChI is InChI=1S/C41H47N.C14H17N.C2H6/c1-7-10-11-17-27-42-39(9-3)38(28-32-23-25-34(26-24-32)33-19-13-12-14-20-33)31(6)41(42)40-30(5)36-22-16-15-21-35(36)29(4)37(40)18-8-2;1-3-8-13(11-7-12-15-2)14-9-5-4-6-10-14;1-2/h7-15,17-21,23-26,35-36,38H,16,22,27-28H2,1-6H3;3-11,15H,1,12H2,2H3;1-2H3/b10-7-,17-11-,18-8-,39-9+;11-7-,13-8+;. The van der Waals surface area contributed by atoms with E-state index in [4.69, 9.17) is 0 Å². The summed E-state index contributed by atoms with van der Waals surface area (Å²) in [5.41, 5.74) is 16.6. The number of fused-ring (bicyclic) bond motifs is 1. The molecular formula is C57H70N2. The average Bonchev–Trinajstić information content (AvgIpc) is 3.54. The maximum atomic E-state index is 3.73. The van der Waals surface area contributed by atoms with Crippen LogP contribution in [0.3, 0.4) is 0 Å². The van der Waals surface area contributed by atoms with Gasteiger partial charge in [0.15, 0.2) is 0 Å². The molecule has 0 aromatic heterocycles. The molecule has 0 bridgehead atoms. The SMILES string of the molecule is C/C=C\C=C/CN1C(C2=C(C)C3CCC=CC3C(C)=C2/C=C\C)=C(C)C(Cc2ccc(-c3ccccc3)cc2)/C1=C\C.C=C/C=C(\C=C/CNC)c1ccccc1.CC. The molecule has 0 radical (unpaired) electrons. The van der Waals surface area contributed by atoms with Crippen LogP contribution in [0.5, 0.6) is 0 Å². The normalized spacial score (nSPS) is 20.2. The average molecular weight is 783 g/mol. The van der Waals surface area contributed by atoms with Crippen molar-refractivity contribution in [3.63, 3.8) is 0 Å². The molecular weight excluding hydrogens is 713 g/mol. The Morgan fingerprint density at radius 3 is 2.10 bits per heavy atom. The summed E-state index contributed by atoms with van der Waals surface area (Å²) in [7, 11) is 1.93. The van der Waals surface area contributed by atoms with E-state index in [1.807, 2.05) is 51.2 Å². The third-order valence-corrected chi connectivity index (χ3v) is 11.5. The molecule has 1 aliphatic heterocycles. The van der Waals surface area contributed by atoms with Gasteiger partial charge in [-0.2, -0.15) is 0 Å². The summed E-state index contributed by atoms with van der Waals surface area (Å²) in [6.07, 6.45) is 32.0. The summed E-state index contributed by atoms with van der Waals surface area (Å²) in [6.45, 7) is 23.1. The smallest absolute Gasteiger partial charge is 0.0486 e. The molecule has 3 atom stereocenters. The molecule has 0 amide bonds. The van der Waals surface area contributed by atoms with E-state index in [1.54, 1.807) is 5.57 Å². The van der Waals surface area contributed by atoms with Gasteiger partial charge in [-0.25, -0.2) is 0 Å². The molecule has 0 spiro atoms. The van der Waals surface area contributed by atoms with E-state index in [-0.39, 0.29) is 0 Å². The summed E-state index contributed by atoms with van der Waals surface area (Å²) in [5.74, 6) is 1.44. The molecule has 308 valence electrons. The minimum atomic E-state index is 0.346. The lowest BCUT2D eigenvalue weighted by molar-refractivity contribution is 0.430. The quantitative estimate of drug-likeness (QED) is 0.137. The molecule has 6 rings (SSSR count). The van der Waals surface area contributed by atoms with Crippen molar-refractivity contribution in [2.24, 2.45) is 17.8 Å². The van der Waals surface area contributed by atoms with Crippen LogP contribution in [0.15, 0.2) is 210 Å². The van der Waals surface area contributed by atoms with Gasteiger partial charge in [0, 0.05) is 41.9 Å². The van der Waals surface area contributed by atoms with Crippen LogP contribution in [0.1, 0.15) is 79.4 Å². The van der Waals surface area contributed by atoms with Crippen LogP contribution in [-0.4, -0.2) is 25.0 Å². The Hall–Kier alpha value is -5.44. The molecule has 1 heterocycles. The topological polar surface area (TPSA) is 15.3 Å². The van der Waals surface area contributed by atoms with Crippen LogP contribution in [0.2, 0.25) is 0 Å². The first kappa shape index (κ1) is 46.3. The van der Waals surface area contributed by atoms with Crippen LogP contribution in [-0.2, 0) is 6.42 Å². The molecule has 1 N–H and O–H groups in total. The molecule has 2 heteroatoms. The Balaban J connectivity index is 0.000000380. The Morgan fingerprint density at radius 1 is 0.797 bits per heavy atom. The van der Waals surface area contributed by atoms with Crippen molar-refractivity contribution in [1.82, 2.24) is 10.2 Å². The van der Waals surface area contributed by atoms with Crippen molar-refractivity contribution in [2.45, 2.75) is 74.7 Å². The van der Waals surface area contributed by atoms with E-state index >= 15 is 0 Å². The highest BCUT2D eigenvalue weighted by atomic mass is 15.2. The summed E-state index contributed by atoms with van der Waals surface area (Å²) in [5, 5.41) is 3.08. The largest absolute Gasteiger partial charge is 0.341 e. The molecule has 0 saturated carbocycles. The third-order valence-electron chi connectivity index (χ3n) is 11.5. The van der Waals surface area contributed by atoms with E-state index in [1.165, 1.54) is 74.4 Å². The molecule has 0 fully saturated rings. The van der Waals surface area contributed by atoms with Crippen molar-refractivity contribution in [2.75, 3.05) is 20.1 Å². The van der Waals surface area contributed by atoms with Crippen molar-refractivity contribution in [3.8, 4) is 11.1 Å². The summed E-state index contributed by atoms with van der Waals surface area (Å²) < 4.78 is 0. The van der Waals surface area contributed by atoms with Gasteiger partial charge in [0.1, 0.15) is 0 Å². The number of hydrogen-bond donors (Lipinski definition) is 1. The first-order chi connectivity index (χ1) is 28.9. The van der Waals surface area contributed by atoms with E-state index in [0.29, 0.717) is 17.8 Å². The number of hydrogen-bond acceptors (Lipinski definition) is 2. The third kappa shape index (κ3) is 11.8. The van der Waals surface area contributed by atoms with Crippen molar-refractivity contribution >= 4 is 5.57 Å². The van der Waals surface area contributed by atoms with Gasteiger partial charge < -0.3 is 10.2 Å². The van der Waals surface area contributed by atoms with E-state index in [2.05, 4.69) is 192 Å². The molecule has 2 nitrogen and oxygen atoms in total. The molecule has 0 saturated heterocycles. The van der Waals surface area contributed by atoms with Crippen molar-refractivity contribution < 1.29 is 0 Å². The highest BCUT2D eigenvalue weighted by molar-refractivity contribution is 5.75. The van der Waals surface area contributed by atoms with Gasteiger partial charge in [0.05, 0.1) is 0 Å². The Kier molecular flexibility index (Phi) is 19.2. The highest BCUT2D eigenvalue weighted by Crippen LogP contribution is 2.51. The summed E-state index contributed by atoms with van der Waals surface area (Å²) in [4.78, 5) is 2.62. The maximum absolute atomic E-state index is 3.73. The van der Waals surface area contributed by atoms with Crippen LogP contribution in [0.25, 0.3) is 16.7 Å². The summed E-state index contributed by atoms with van der Waals surface area (Å²) in [6, 6.07) is 30.2. The molecule has 3 aromatic rings. The Bertz CT molecular complexity index is 2110. The number of benzene rings is 3. The minimum Gasteiger partial charge on any atom is -0.341 e.